The molecule has 2 N–H and O–H groups in total. The summed E-state index contributed by atoms with van der Waals surface area (Å²) in [5.41, 5.74) is 1.12. The van der Waals surface area contributed by atoms with Gasteiger partial charge in [-0.3, -0.25) is 4.79 Å². The first-order valence-electron chi connectivity index (χ1n) is 7.48. The van der Waals surface area contributed by atoms with Crippen LogP contribution in [0.1, 0.15) is 18.4 Å². The molecule has 1 unspecified atom stereocenters. The Hall–Kier alpha value is -1.30. The first kappa shape index (κ1) is 18.7. The van der Waals surface area contributed by atoms with E-state index >= 15 is 0 Å². The molecule has 0 aliphatic carbocycles. The molecule has 1 fully saturated rings. The average molecular weight is 329 g/mol. The van der Waals surface area contributed by atoms with Crippen LogP contribution < -0.4 is 15.4 Å². The van der Waals surface area contributed by atoms with E-state index in [0.29, 0.717) is 19.8 Å². The lowest BCUT2D eigenvalue weighted by Crippen LogP contribution is -2.32. The van der Waals surface area contributed by atoms with Gasteiger partial charge in [-0.15, -0.1) is 12.4 Å². The third kappa shape index (κ3) is 6.22. The number of methoxy groups -OCH3 is 1. The van der Waals surface area contributed by atoms with Crippen molar-refractivity contribution in [2.45, 2.75) is 19.4 Å². The number of nitrogens with one attached hydrogen (secondary N) is 2. The molecule has 1 aliphatic rings. The number of rotatable bonds is 8. The van der Waals surface area contributed by atoms with Crippen LogP contribution >= 0.6 is 12.4 Å². The predicted octanol–water partition coefficient (Wildman–Crippen LogP) is 1.75. The van der Waals surface area contributed by atoms with Crippen molar-refractivity contribution in [3.8, 4) is 5.75 Å². The average Bonchev–Trinajstić information content (AvgIpc) is 3.05. The second kappa shape index (κ2) is 10.4. The second-order valence-corrected chi connectivity index (χ2v) is 5.23. The van der Waals surface area contributed by atoms with Crippen molar-refractivity contribution in [3.05, 3.63) is 29.8 Å². The fourth-order valence-electron chi connectivity index (χ4n) is 2.32. The monoisotopic (exact) mass is 328 g/mol. The van der Waals surface area contributed by atoms with Crippen molar-refractivity contribution < 1.29 is 14.3 Å². The van der Waals surface area contributed by atoms with Crippen molar-refractivity contribution in [2.75, 3.05) is 33.4 Å². The smallest absolute Gasteiger partial charge is 0.224 e. The highest BCUT2D eigenvalue weighted by Gasteiger charge is 2.21. The van der Waals surface area contributed by atoms with Gasteiger partial charge in [-0.25, -0.2) is 0 Å². The minimum atomic E-state index is 0. The van der Waals surface area contributed by atoms with Crippen molar-refractivity contribution >= 4 is 18.3 Å². The molecule has 1 aromatic carbocycles. The Labute approximate surface area is 138 Å². The number of halogens is 1. The van der Waals surface area contributed by atoms with Crippen molar-refractivity contribution in [1.29, 1.82) is 0 Å². The van der Waals surface area contributed by atoms with Gasteiger partial charge in [-0.05, 0) is 37.1 Å². The van der Waals surface area contributed by atoms with Gasteiger partial charge in [-0.1, -0.05) is 12.1 Å². The Morgan fingerprint density at radius 3 is 2.77 bits per heavy atom. The van der Waals surface area contributed by atoms with Crippen LogP contribution in [0.15, 0.2) is 24.3 Å². The molecule has 1 amide bonds. The summed E-state index contributed by atoms with van der Waals surface area (Å²) in [6, 6.07) is 7.84. The van der Waals surface area contributed by atoms with Gasteiger partial charge in [-0.2, -0.15) is 0 Å². The molecule has 0 saturated carbocycles. The first-order valence-corrected chi connectivity index (χ1v) is 7.48. The quantitative estimate of drug-likeness (QED) is 0.714. The van der Waals surface area contributed by atoms with Gasteiger partial charge >= 0.3 is 0 Å². The third-order valence-corrected chi connectivity index (χ3v) is 3.62. The fraction of sp³-hybridized carbons (Fsp3) is 0.562. The molecular weight excluding hydrogens is 304 g/mol. The van der Waals surface area contributed by atoms with E-state index < -0.39 is 0 Å². The van der Waals surface area contributed by atoms with E-state index in [0.717, 1.165) is 37.2 Å². The first-order chi connectivity index (χ1) is 10.3. The molecule has 1 atom stereocenters. The van der Waals surface area contributed by atoms with Crippen LogP contribution in [0.3, 0.4) is 0 Å². The summed E-state index contributed by atoms with van der Waals surface area (Å²) >= 11 is 0. The Balaban J connectivity index is 0.00000242. The fourth-order valence-corrected chi connectivity index (χ4v) is 2.32. The molecule has 5 nitrogen and oxygen atoms in total. The molecule has 0 spiro atoms. The van der Waals surface area contributed by atoms with E-state index in [-0.39, 0.29) is 24.2 Å². The molecule has 1 heterocycles. The van der Waals surface area contributed by atoms with E-state index in [1.807, 2.05) is 24.3 Å². The van der Waals surface area contributed by atoms with Gasteiger partial charge < -0.3 is 20.1 Å². The minimum Gasteiger partial charge on any atom is -0.497 e. The lowest BCUT2D eigenvalue weighted by molar-refractivity contribution is -0.124. The summed E-state index contributed by atoms with van der Waals surface area (Å²) in [7, 11) is 1.65. The Kier molecular flexibility index (Phi) is 8.89. The highest BCUT2D eigenvalue weighted by Crippen LogP contribution is 2.12. The molecule has 2 rings (SSSR count). The summed E-state index contributed by atoms with van der Waals surface area (Å²) in [6.45, 7) is 3.67. The van der Waals surface area contributed by atoms with Gasteiger partial charge in [0.1, 0.15) is 5.75 Å². The molecule has 1 saturated heterocycles. The molecule has 6 heteroatoms. The lowest BCUT2D eigenvalue weighted by atomic mass is 10.1. The zero-order valence-electron chi connectivity index (χ0n) is 13.0. The van der Waals surface area contributed by atoms with E-state index in [1.54, 1.807) is 7.11 Å². The molecular formula is C16H25ClN2O3. The predicted molar refractivity (Wildman–Crippen MR) is 88.5 cm³/mol. The van der Waals surface area contributed by atoms with Crippen LogP contribution in [0.25, 0.3) is 0 Å². The molecule has 1 aromatic rings. The topological polar surface area (TPSA) is 59.6 Å². The van der Waals surface area contributed by atoms with Crippen LogP contribution in [0.4, 0.5) is 0 Å². The molecule has 0 bridgehead atoms. The maximum atomic E-state index is 11.8. The summed E-state index contributed by atoms with van der Waals surface area (Å²) in [4.78, 5) is 11.8. The van der Waals surface area contributed by atoms with Gasteiger partial charge in [0.25, 0.3) is 0 Å². The molecule has 22 heavy (non-hydrogen) atoms. The van der Waals surface area contributed by atoms with Crippen LogP contribution in [-0.2, 0) is 16.1 Å². The van der Waals surface area contributed by atoms with Crippen LogP contribution in [0.2, 0.25) is 0 Å². The third-order valence-electron chi connectivity index (χ3n) is 3.62. The number of hydrogen-bond acceptors (Lipinski definition) is 4. The normalized spacial score (nSPS) is 16.9. The highest BCUT2D eigenvalue weighted by atomic mass is 35.5. The van der Waals surface area contributed by atoms with Crippen molar-refractivity contribution in [1.82, 2.24) is 10.6 Å². The van der Waals surface area contributed by atoms with Crippen LogP contribution in [0.5, 0.6) is 5.75 Å². The Morgan fingerprint density at radius 2 is 2.14 bits per heavy atom. The van der Waals surface area contributed by atoms with Crippen molar-refractivity contribution in [2.24, 2.45) is 5.92 Å². The van der Waals surface area contributed by atoms with Crippen LogP contribution in [-0.4, -0.2) is 39.3 Å². The molecule has 1 aliphatic heterocycles. The minimum absolute atomic E-state index is 0. The standard InChI is InChI=1S/C16H24N2O3.ClH/c1-20-15-5-3-13(4-6-15)12-21-10-2-8-18-16(19)14-7-9-17-11-14;/h3-6,14,17H,2,7-12H2,1H3,(H,18,19);1H. The lowest BCUT2D eigenvalue weighted by Gasteiger charge is -2.10. The zero-order chi connectivity index (χ0) is 14.9. The van der Waals surface area contributed by atoms with Gasteiger partial charge in [0.05, 0.1) is 19.6 Å². The number of hydrogen-bond donors (Lipinski definition) is 2. The largest absolute Gasteiger partial charge is 0.497 e. The second-order valence-electron chi connectivity index (χ2n) is 5.23. The van der Waals surface area contributed by atoms with Gasteiger partial charge in [0.2, 0.25) is 5.91 Å². The molecule has 0 radical (unpaired) electrons. The number of amides is 1. The van der Waals surface area contributed by atoms with E-state index in [9.17, 15) is 4.79 Å². The number of carbonyl (C=O) groups is 1. The van der Waals surface area contributed by atoms with Gasteiger partial charge in [0, 0.05) is 19.7 Å². The maximum Gasteiger partial charge on any atom is 0.224 e. The molecule has 0 aromatic heterocycles. The highest BCUT2D eigenvalue weighted by molar-refractivity contribution is 5.85. The summed E-state index contributed by atoms with van der Waals surface area (Å²) in [5, 5.41) is 6.16. The Morgan fingerprint density at radius 1 is 1.36 bits per heavy atom. The Bertz CT molecular complexity index is 434. The number of carbonyl (C=O) groups excluding carboxylic acids is 1. The van der Waals surface area contributed by atoms with Crippen molar-refractivity contribution in [3.63, 3.8) is 0 Å². The summed E-state index contributed by atoms with van der Waals surface area (Å²) < 4.78 is 10.7. The van der Waals surface area contributed by atoms with Crippen LogP contribution in [0, 0.1) is 5.92 Å². The maximum absolute atomic E-state index is 11.8. The zero-order valence-corrected chi connectivity index (χ0v) is 13.8. The number of ether oxygens (including phenoxy) is 2. The summed E-state index contributed by atoms with van der Waals surface area (Å²) in [5.74, 6) is 1.16. The molecule has 124 valence electrons. The SMILES string of the molecule is COc1ccc(COCCCNC(=O)C2CCNC2)cc1.Cl. The van der Waals surface area contributed by atoms with E-state index in [2.05, 4.69) is 10.6 Å². The van der Waals surface area contributed by atoms with Gasteiger partial charge in [0.15, 0.2) is 0 Å². The van der Waals surface area contributed by atoms with E-state index in [1.165, 1.54) is 0 Å². The number of benzene rings is 1. The summed E-state index contributed by atoms with van der Waals surface area (Å²) in [6.07, 6.45) is 1.78. The van der Waals surface area contributed by atoms with E-state index in [4.69, 9.17) is 9.47 Å².